The van der Waals surface area contributed by atoms with Crippen molar-refractivity contribution < 1.29 is 0 Å². The van der Waals surface area contributed by atoms with Crippen LogP contribution in [0.2, 0.25) is 0 Å². The molecule has 1 aliphatic rings. The third-order valence-corrected chi connectivity index (χ3v) is 4.62. The number of likely N-dealkylation sites (N-methyl/N-ethyl adjacent to an activating group) is 1. The Bertz CT molecular complexity index is 573. The van der Waals surface area contributed by atoms with Crippen molar-refractivity contribution in [3.8, 4) is 0 Å². The molecule has 21 heavy (non-hydrogen) atoms. The molecule has 0 spiro atoms. The summed E-state index contributed by atoms with van der Waals surface area (Å²) in [5.74, 6) is 0. The Morgan fingerprint density at radius 3 is 2.43 bits per heavy atom. The SMILES string of the molecule is Cc1ccccc1C(c1ccccc1)N(C)C1CCNC1. The molecule has 2 nitrogen and oxygen atoms in total. The van der Waals surface area contributed by atoms with E-state index in [1.165, 1.54) is 23.1 Å². The van der Waals surface area contributed by atoms with E-state index < -0.39 is 0 Å². The molecule has 110 valence electrons. The summed E-state index contributed by atoms with van der Waals surface area (Å²) < 4.78 is 0. The Morgan fingerprint density at radius 1 is 1.05 bits per heavy atom. The van der Waals surface area contributed by atoms with Crippen LogP contribution in [0.1, 0.15) is 29.2 Å². The predicted octanol–water partition coefficient (Wildman–Crippen LogP) is 3.38. The standard InChI is InChI=1S/C19H24N2/c1-15-8-6-7-11-18(15)19(16-9-4-3-5-10-16)21(2)17-12-13-20-14-17/h3-11,17,19-20H,12-14H2,1-2H3. The number of aryl methyl sites for hydroxylation is 1. The third-order valence-electron chi connectivity index (χ3n) is 4.62. The molecule has 2 unspecified atom stereocenters. The molecule has 2 aromatic rings. The first kappa shape index (κ1) is 14.3. The number of rotatable bonds is 4. The van der Waals surface area contributed by atoms with Crippen molar-refractivity contribution in [1.29, 1.82) is 0 Å². The van der Waals surface area contributed by atoms with E-state index in [-0.39, 0.29) is 0 Å². The normalized spacial score (nSPS) is 19.9. The molecule has 0 aliphatic carbocycles. The van der Waals surface area contributed by atoms with Gasteiger partial charge in [-0.15, -0.1) is 0 Å². The predicted molar refractivity (Wildman–Crippen MR) is 88.5 cm³/mol. The van der Waals surface area contributed by atoms with Crippen molar-refractivity contribution >= 4 is 0 Å². The van der Waals surface area contributed by atoms with Crippen LogP contribution in [0.4, 0.5) is 0 Å². The van der Waals surface area contributed by atoms with Gasteiger partial charge in [-0.3, -0.25) is 4.90 Å². The second-order valence-electron chi connectivity index (χ2n) is 5.98. The minimum Gasteiger partial charge on any atom is -0.315 e. The Hall–Kier alpha value is -1.64. The molecule has 2 aromatic carbocycles. The molecule has 0 radical (unpaired) electrons. The van der Waals surface area contributed by atoms with Crippen LogP contribution < -0.4 is 5.32 Å². The average molecular weight is 280 g/mol. The van der Waals surface area contributed by atoms with Crippen molar-refractivity contribution in [2.24, 2.45) is 0 Å². The van der Waals surface area contributed by atoms with Crippen LogP contribution in [0.5, 0.6) is 0 Å². The third kappa shape index (κ3) is 3.02. The van der Waals surface area contributed by atoms with Gasteiger partial charge in [0.05, 0.1) is 6.04 Å². The summed E-state index contributed by atoms with van der Waals surface area (Å²) in [6, 6.07) is 20.6. The lowest BCUT2D eigenvalue weighted by Crippen LogP contribution is -2.37. The zero-order valence-corrected chi connectivity index (χ0v) is 12.9. The van der Waals surface area contributed by atoms with Crippen molar-refractivity contribution in [2.45, 2.75) is 25.4 Å². The van der Waals surface area contributed by atoms with E-state index in [1.807, 2.05) is 0 Å². The number of hydrogen-bond donors (Lipinski definition) is 1. The summed E-state index contributed by atoms with van der Waals surface area (Å²) >= 11 is 0. The van der Waals surface area contributed by atoms with Crippen molar-refractivity contribution in [3.05, 3.63) is 71.3 Å². The minimum absolute atomic E-state index is 0.331. The molecule has 1 fully saturated rings. The molecule has 0 aromatic heterocycles. The summed E-state index contributed by atoms with van der Waals surface area (Å²) in [5.41, 5.74) is 4.16. The minimum atomic E-state index is 0.331. The number of benzene rings is 2. The lowest BCUT2D eigenvalue weighted by molar-refractivity contribution is 0.210. The van der Waals surface area contributed by atoms with Crippen LogP contribution in [-0.4, -0.2) is 31.1 Å². The van der Waals surface area contributed by atoms with E-state index in [1.54, 1.807) is 0 Å². The molecule has 0 saturated carbocycles. The Balaban J connectivity index is 2.00. The zero-order chi connectivity index (χ0) is 14.7. The van der Waals surface area contributed by atoms with Crippen LogP contribution in [-0.2, 0) is 0 Å². The second kappa shape index (κ2) is 6.42. The quantitative estimate of drug-likeness (QED) is 0.923. The summed E-state index contributed by atoms with van der Waals surface area (Å²) in [7, 11) is 2.27. The van der Waals surface area contributed by atoms with Gasteiger partial charge in [0.15, 0.2) is 0 Å². The van der Waals surface area contributed by atoms with E-state index in [4.69, 9.17) is 0 Å². The zero-order valence-electron chi connectivity index (χ0n) is 12.9. The fourth-order valence-corrected chi connectivity index (χ4v) is 3.36. The fraction of sp³-hybridized carbons (Fsp3) is 0.368. The molecule has 3 rings (SSSR count). The fourth-order valence-electron chi connectivity index (χ4n) is 3.36. The molecule has 0 amide bonds. The Kier molecular flexibility index (Phi) is 4.37. The van der Waals surface area contributed by atoms with Gasteiger partial charge in [-0.05, 0) is 43.6 Å². The molecule has 2 atom stereocenters. The topological polar surface area (TPSA) is 15.3 Å². The Morgan fingerprint density at radius 2 is 1.76 bits per heavy atom. The molecule has 0 bridgehead atoms. The number of nitrogens with zero attached hydrogens (tertiary/aromatic N) is 1. The molecule has 2 heteroatoms. The van der Waals surface area contributed by atoms with Gasteiger partial charge in [-0.1, -0.05) is 54.6 Å². The summed E-state index contributed by atoms with van der Waals surface area (Å²) in [6.07, 6.45) is 1.23. The molecule has 1 saturated heterocycles. The molecular weight excluding hydrogens is 256 g/mol. The van der Waals surface area contributed by atoms with Gasteiger partial charge < -0.3 is 5.32 Å². The number of nitrogens with one attached hydrogen (secondary N) is 1. The first-order valence-electron chi connectivity index (χ1n) is 7.80. The summed E-state index contributed by atoms with van der Waals surface area (Å²) in [5, 5.41) is 3.48. The van der Waals surface area contributed by atoms with Gasteiger partial charge in [-0.25, -0.2) is 0 Å². The highest BCUT2D eigenvalue weighted by Gasteiger charge is 2.28. The smallest absolute Gasteiger partial charge is 0.0604 e. The second-order valence-corrected chi connectivity index (χ2v) is 5.98. The largest absolute Gasteiger partial charge is 0.315 e. The van der Waals surface area contributed by atoms with Gasteiger partial charge in [0, 0.05) is 12.6 Å². The van der Waals surface area contributed by atoms with Crippen LogP contribution in [0.15, 0.2) is 54.6 Å². The van der Waals surface area contributed by atoms with E-state index in [2.05, 4.69) is 78.8 Å². The van der Waals surface area contributed by atoms with Crippen LogP contribution in [0.3, 0.4) is 0 Å². The van der Waals surface area contributed by atoms with Crippen molar-refractivity contribution in [1.82, 2.24) is 10.2 Å². The first-order valence-corrected chi connectivity index (χ1v) is 7.80. The van der Waals surface area contributed by atoms with Crippen molar-refractivity contribution in [3.63, 3.8) is 0 Å². The van der Waals surface area contributed by atoms with Gasteiger partial charge in [-0.2, -0.15) is 0 Å². The summed E-state index contributed by atoms with van der Waals surface area (Å²) in [4.78, 5) is 2.54. The van der Waals surface area contributed by atoms with Crippen LogP contribution in [0, 0.1) is 6.92 Å². The van der Waals surface area contributed by atoms with E-state index in [0.29, 0.717) is 12.1 Å². The maximum Gasteiger partial charge on any atom is 0.0604 e. The van der Waals surface area contributed by atoms with Gasteiger partial charge in [0.1, 0.15) is 0 Å². The molecule has 1 N–H and O–H groups in total. The summed E-state index contributed by atoms with van der Waals surface area (Å²) in [6.45, 7) is 4.43. The highest BCUT2D eigenvalue weighted by Crippen LogP contribution is 2.32. The lowest BCUT2D eigenvalue weighted by atomic mass is 9.93. The van der Waals surface area contributed by atoms with Crippen molar-refractivity contribution in [2.75, 3.05) is 20.1 Å². The molecular formula is C19H24N2. The molecule has 1 aliphatic heterocycles. The van der Waals surface area contributed by atoms with Crippen LogP contribution in [0.25, 0.3) is 0 Å². The van der Waals surface area contributed by atoms with E-state index >= 15 is 0 Å². The monoisotopic (exact) mass is 280 g/mol. The van der Waals surface area contributed by atoms with E-state index in [9.17, 15) is 0 Å². The lowest BCUT2D eigenvalue weighted by Gasteiger charge is -2.34. The van der Waals surface area contributed by atoms with Gasteiger partial charge in [0.25, 0.3) is 0 Å². The maximum absolute atomic E-state index is 3.48. The first-order chi connectivity index (χ1) is 10.3. The average Bonchev–Trinajstić information content (AvgIpc) is 3.05. The highest BCUT2D eigenvalue weighted by molar-refractivity contribution is 5.37. The van der Waals surface area contributed by atoms with Crippen LogP contribution >= 0.6 is 0 Å². The number of hydrogen-bond acceptors (Lipinski definition) is 2. The maximum atomic E-state index is 3.48. The molecule has 1 heterocycles. The highest BCUT2D eigenvalue weighted by atomic mass is 15.2. The van der Waals surface area contributed by atoms with E-state index in [0.717, 1.165) is 13.1 Å². The van der Waals surface area contributed by atoms with Gasteiger partial charge >= 0.3 is 0 Å². The Labute approximate surface area is 127 Å². The van der Waals surface area contributed by atoms with Gasteiger partial charge in [0.2, 0.25) is 0 Å².